The number of nitrogens with one attached hydrogen (secondary N) is 1. The van der Waals surface area contributed by atoms with Gasteiger partial charge in [0, 0.05) is 13.0 Å². The maximum atomic E-state index is 12.3. The third-order valence-corrected chi connectivity index (χ3v) is 4.14. The fourth-order valence-electron chi connectivity index (χ4n) is 2.68. The summed E-state index contributed by atoms with van der Waals surface area (Å²) < 4.78 is 30.8. The summed E-state index contributed by atoms with van der Waals surface area (Å²) in [5.74, 6) is -1.07. The molecule has 36 heavy (non-hydrogen) atoms. The van der Waals surface area contributed by atoms with Crippen molar-refractivity contribution in [1.29, 1.82) is 0 Å². The Kier molecular flexibility index (Phi) is 11.7. The molecule has 0 aliphatic rings. The summed E-state index contributed by atoms with van der Waals surface area (Å²) in [5, 5.41) is 2.97. The lowest BCUT2D eigenvalue weighted by Crippen LogP contribution is -2.41. The van der Waals surface area contributed by atoms with Gasteiger partial charge in [-0.25, -0.2) is 9.59 Å². The van der Waals surface area contributed by atoms with E-state index in [1.807, 2.05) is 0 Å². The van der Waals surface area contributed by atoms with E-state index in [-0.39, 0.29) is 43.5 Å². The Morgan fingerprint density at radius 3 is 1.94 bits per heavy atom. The van der Waals surface area contributed by atoms with Gasteiger partial charge in [0.05, 0.1) is 7.11 Å². The molecule has 0 saturated heterocycles. The van der Waals surface area contributed by atoms with Crippen LogP contribution in [0.25, 0.3) is 0 Å². The number of carbonyl (C=O) groups is 4. The number of hydrogen-bond acceptors (Lipinski definition) is 11. The van der Waals surface area contributed by atoms with Gasteiger partial charge in [-0.3, -0.25) is 9.59 Å². The molecule has 0 fully saturated rings. The summed E-state index contributed by atoms with van der Waals surface area (Å²) in [5.41, 5.74) is -1.06. The lowest BCUT2D eigenvalue weighted by molar-refractivity contribution is -0.143. The van der Waals surface area contributed by atoms with Crippen LogP contribution in [0.4, 0.5) is 9.59 Å². The smallest absolute Gasteiger partial charge is 0.468 e. The Balaban J connectivity index is 3.11. The van der Waals surface area contributed by atoms with E-state index < -0.39 is 35.5 Å². The van der Waals surface area contributed by atoms with Gasteiger partial charge in [0.25, 0.3) is 0 Å². The topological polar surface area (TPSA) is 136 Å². The summed E-state index contributed by atoms with van der Waals surface area (Å²) in [4.78, 5) is 48.1. The van der Waals surface area contributed by atoms with Gasteiger partial charge < -0.3 is 33.7 Å². The molecule has 1 aromatic carbocycles. The molecule has 0 radical (unpaired) electrons. The Bertz CT molecular complexity index is 914. The molecule has 11 heteroatoms. The highest BCUT2D eigenvalue weighted by Crippen LogP contribution is 2.31. The SMILES string of the molecule is CCC(=O)OCCN[C@@H](Cc1ccc(OC(=O)OC(C)(C)C)c(OC(=O)OC(C)(C)C)c1)C(=O)OC. The monoisotopic (exact) mass is 511 g/mol. The molecular weight excluding hydrogens is 474 g/mol. The van der Waals surface area contributed by atoms with Crippen LogP contribution in [-0.2, 0) is 35.0 Å². The minimum atomic E-state index is -1.01. The Labute approximate surface area is 211 Å². The standard InChI is InChI=1S/C25H37NO10/c1-9-20(27)32-13-12-26-17(21(28)31-8)14-16-10-11-18(33-22(29)35-24(2,3)4)19(15-16)34-23(30)36-25(5,6)7/h10-11,15,17,26H,9,12-14H2,1-8H3/t17-/m0/s1. The maximum absolute atomic E-state index is 12.3. The van der Waals surface area contributed by atoms with Gasteiger partial charge in [0.15, 0.2) is 11.5 Å². The number of carbonyl (C=O) groups excluding carboxylic acids is 4. The van der Waals surface area contributed by atoms with E-state index in [4.69, 9.17) is 28.4 Å². The normalized spacial score (nSPS) is 12.2. The molecule has 1 rings (SSSR count). The number of hydrogen-bond donors (Lipinski definition) is 1. The lowest BCUT2D eigenvalue weighted by atomic mass is 10.1. The molecule has 0 amide bonds. The summed E-state index contributed by atoms with van der Waals surface area (Å²) in [6.45, 7) is 12.0. The van der Waals surface area contributed by atoms with Crippen molar-refractivity contribution in [3.05, 3.63) is 23.8 Å². The van der Waals surface area contributed by atoms with E-state index in [1.54, 1.807) is 54.5 Å². The van der Waals surface area contributed by atoms with Crippen molar-refractivity contribution < 1.29 is 47.6 Å². The molecule has 1 N–H and O–H groups in total. The van der Waals surface area contributed by atoms with Crippen molar-refractivity contribution in [2.75, 3.05) is 20.3 Å². The summed E-state index contributed by atoms with van der Waals surface area (Å²) in [6.07, 6.45) is -1.61. The molecule has 0 saturated carbocycles. The number of esters is 2. The first-order chi connectivity index (χ1) is 16.6. The first-order valence-electron chi connectivity index (χ1n) is 11.5. The third kappa shape index (κ3) is 12.4. The minimum absolute atomic E-state index is 0.0760. The quantitative estimate of drug-likeness (QED) is 0.212. The van der Waals surface area contributed by atoms with Gasteiger partial charge in [-0.2, -0.15) is 0 Å². The van der Waals surface area contributed by atoms with Gasteiger partial charge in [0.1, 0.15) is 23.9 Å². The molecule has 0 spiro atoms. The third-order valence-electron chi connectivity index (χ3n) is 4.14. The molecule has 11 nitrogen and oxygen atoms in total. The predicted octanol–water partition coefficient (Wildman–Crippen LogP) is 3.94. The zero-order valence-corrected chi connectivity index (χ0v) is 22.2. The summed E-state index contributed by atoms with van der Waals surface area (Å²) in [7, 11) is 1.25. The van der Waals surface area contributed by atoms with Crippen molar-refractivity contribution in [1.82, 2.24) is 5.32 Å². The van der Waals surface area contributed by atoms with Gasteiger partial charge in [-0.05, 0) is 65.7 Å². The van der Waals surface area contributed by atoms with Crippen LogP contribution in [0.3, 0.4) is 0 Å². The molecule has 0 bridgehead atoms. The zero-order valence-electron chi connectivity index (χ0n) is 22.2. The molecule has 0 aliphatic heterocycles. The number of rotatable bonds is 10. The van der Waals surface area contributed by atoms with Crippen LogP contribution in [0.2, 0.25) is 0 Å². The first kappa shape index (κ1) is 30.7. The summed E-state index contributed by atoms with van der Waals surface area (Å²) in [6, 6.07) is 3.66. The highest BCUT2D eigenvalue weighted by Gasteiger charge is 2.25. The summed E-state index contributed by atoms with van der Waals surface area (Å²) >= 11 is 0. The van der Waals surface area contributed by atoms with E-state index >= 15 is 0 Å². The second-order valence-electron chi connectivity index (χ2n) is 9.72. The average molecular weight is 512 g/mol. The van der Waals surface area contributed by atoms with E-state index in [1.165, 1.54) is 19.2 Å². The number of ether oxygens (including phenoxy) is 6. The van der Waals surface area contributed by atoms with Gasteiger partial charge in [-0.1, -0.05) is 13.0 Å². The molecule has 0 unspecified atom stereocenters. The van der Waals surface area contributed by atoms with Crippen LogP contribution in [0, 0.1) is 0 Å². The lowest BCUT2D eigenvalue weighted by Gasteiger charge is -2.21. The molecule has 0 aromatic heterocycles. The largest absolute Gasteiger partial charge is 0.514 e. The zero-order chi connectivity index (χ0) is 27.5. The second kappa shape index (κ2) is 13.7. The molecule has 1 atom stereocenters. The van der Waals surface area contributed by atoms with E-state index in [2.05, 4.69) is 5.32 Å². The minimum Gasteiger partial charge on any atom is -0.468 e. The molecular formula is C25H37NO10. The number of benzene rings is 1. The van der Waals surface area contributed by atoms with Crippen LogP contribution in [0.15, 0.2) is 18.2 Å². The van der Waals surface area contributed by atoms with Crippen molar-refractivity contribution in [3.63, 3.8) is 0 Å². The van der Waals surface area contributed by atoms with Gasteiger partial charge in [-0.15, -0.1) is 0 Å². The second-order valence-corrected chi connectivity index (χ2v) is 9.72. The van der Waals surface area contributed by atoms with Crippen LogP contribution in [0.1, 0.15) is 60.5 Å². The van der Waals surface area contributed by atoms with E-state index in [9.17, 15) is 19.2 Å². The van der Waals surface area contributed by atoms with Crippen molar-refractivity contribution in [2.24, 2.45) is 0 Å². The van der Waals surface area contributed by atoms with E-state index in [0.717, 1.165) is 0 Å². The highest BCUT2D eigenvalue weighted by molar-refractivity contribution is 5.76. The molecule has 1 aromatic rings. The molecule has 0 heterocycles. The van der Waals surface area contributed by atoms with Crippen LogP contribution in [-0.4, -0.2) is 61.8 Å². The highest BCUT2D eigenvalue weighted by atomic mass is 16.8. The van der Waals surface area contributed by atoms with Crippen LogP contribution in [0.5, 0.6) is 11.5 Å². The average Bonchev–Trinajstić information content (AvgIpc) is 2.74. The van der Waals surface area contributed by atoms with Crippen molar-refractivity contribution in [3.8, 4) is 11.5 Å². The fraction of sp³-hybridized carbons (Fsp3) is 0.600. The first-order valence-corrected chi connectivity index (χ1v) is 11.5. The van der Waals surface area contributed by atoms with Crippen molar-refractivity contribution >= 4 is 24.2 Å². The molecule has 0 aliphatic carbocycles. The predicted molar refractivity (Wildman–Crippen MR) is 129 cm³/mol. The van der Waals surface area contributed by atoms with E-state index in [0.29, 0.717) is 5.56 Å². The maximum Gasteiger partial charge on any atom is 0.514 e. The van der Waals surface area contributed by atoms with Crippen molar-refractivity contribution in [2.45, 2.75) is 78.6 Å². The number of methoxy groups -OCH3 is 1. The fourth-order valence-corrected chi connectivity index (χ4v) is 2.68. The molecule has 202 valence electrons. The Hall–Kier alpha value is -3.34. The Morgan fingerprint density at radius 2 is 1.44 bits per heavy atom. The van der Waals surface area contributed by atoms with Gasteiger partial charge in [0.2, 0.25) is 0 Å². The Morgan fingerprint density at radius 1 is 0.889 bits per heavy atom. The van der Waals surface area contributed by atoms with Gasteiger partial charge >= 0.3 is 24.2 Å². The van der Waals surface area contributed by atoms with Crippen LogP contribution < -0.4 is 14.8 Å². The van der Waals surface area contributed by atoms with Crippen LogP contribution >= 0.6 is 0 Å².